The van der Waals surface area contributed by atoms with Crippen molar-refractivity contribution in [3.05, 3.63) is 42.0 Å². The van der Waals surface area contributed by atoms with Crippen molar-refractivity contribution in [3.8, 4) is 0 Å². The van der Waals surface area contributed by atoms with Gasteiger partial charge in [0, 0.05) is 12.2 Å². The number of nitrogens with one attached hydrogen (secondary N) is 1. The number of aryl methyl sites for hydroxylation is 1. The molecule has 1 aromatic carbocycles. The van der Waals surface area contributed by atoms with Crippen LogP contribution in [0.25, 0.3) is 0 Å². The third kappa shape index (κ3) is 2.84. The van der Waals surface area contributed by atoms with Crippen LogP contribution in [0.3, 0.4) is 0 Å². The minimum atomic E-state index is 0.713. The van der Waals surface area contributed by atoms with Crippen molar-refractivity contribution in [1.82, 2.24) is 14.8 Å². The molecule has 0 bridgehead atoms. The van der Waals surface area contributed by atoms with Crippen LogP contribution >= 0.6 is 0 Å². The minimum absolute atomic E-state index is 0.713. The molecule has 0 aliphatic heterocycles. The zero-order valence-electron chi connectivity index (χ0n) is 10.3. The van der Waals surface area contributed by atoms with E-state index in [0.717, 1.165) is 30.3 Å². The van der Waals surface area contributed by atoms with Gasteiger partial charge in [-0.05, 0) is 25.5 Å². The Hall–Kier alpha value is -1.84. The molecule has 4 heteroatoms. The molecule has 0 aliphatic carbocycles. The fourth-order valence-electron chi connectivity index (χ4n) is 1.81. The summed E-state index contributed by atoms with van der Waals surface area (Å²) in [5, 5.41) is 11.7. The Morgan fingerprint density at radius 2 is 1.94 bits per heavy atom. The van der Waals surface area contributed by atoms with Crippen LogP contribution in [-0.2, 0) is 13.1 Å². The van der Waals surface area contributed by atoms with Crippen LogP contribution < -0.4 is 5.32 Å². The first kappa shape index (κ1) is 11.6. The van der Waals surface area contributed by atoms with E-state index < -0.39 is 0 Å². The molecule has 0 atom stereocenters. The maximum atomic E-state index is 4.20. The van der Waals surface area contributed by atoms with Crippen molar-refractivity contribution in [2.24, 2.45) is 0 Å². The lowest BCUT2D eigenvalue weighted by Crippen LogP contribution is -2.09. The minimum Gasteiger partial charge on any atom is -0.378 e. The van der Waals surface area contributed by atoms with Gasteiger partial charge in [0.15, 0.2) is 5.82 Å². The zero-order valence-corrected chi connectivity index (χ0v) is 10.3. The first-order chi connectivity index (χ1) is 8.31. The van der Waals surface area contributed by atoms with E-state index in [1.54, 1.807) is 0 Å². The fourth-order valence-corrected chi connectivity index (χ4v) is 1.81. The van der Waals surface area contributed by atoms with Gasteiger partial charge in [-0.25, -0.2) is 0 Å². The molecule has 0 saturated carbocycles. The summed E-state index contributed by atoms with van der Waals surface area (Å²) in [7, 11) is 0. The Morgan fingerprint density at radius 1 is 1.18 bits per heavy atom. The summed E-state index contributed by atoms with van der Waals surface area (Å²) < 4.78 is 2.16. The fraction of sp³-hybridized carbons (Fsp3) is 0.385. The van der Waals surface area contributed by atoms with Gasteiger partial charge in [0.2, 0.25) is 0 Å². The average Bonchev–Trinajstić information content (AvgIpc) is 2.70. The van der Waals surface area contributed by atoms with Crippen molar-refractivity contribution < 1.29 is 0 Å². The molecule has 0 amide bonds. The van der Waals surface area contributed by atoms with Crippen LogP contribution in [0.1, 0.15) is 25.0 Å². The molecular formula is C13H18N4. The summed E-state index contributed by atoms with van der Waals surface area (Å²) in [4.78, 5) is 0. The maximum absolute atomic E-state index is 4.20. The topological polar surface area (TPSA) is 42.7 Å². The van der Waals surface area contributed by atoms with Crippen LogP contribution in [0.15, 0.2) is 30.3 Å². The highest BCUT2D eigenvalue weighted by Gasteiger charge is 2.06. The lowest BCUT2D eigenvalue weighted by Gasteiger charge is -2.08. The molecule has 0 radical (unpaired) electrons. The number of hydrogen-bond donors (Lipinski definition) is 1. The first-order valence-electron chi connectivity index (χ1n) is 5.99. The molecule has 17 heavy (non-hydrogen) atoms. The van der Waals surface area contributed by atoms with Gasteiger partial charge in [0.25, 0.3) is 0 Å². The van der Waals surface area contributed by atoms with Crippen LogP contribution in [0.4, 0.5) is 5.69 Å². The molecule has 0 spiro atoms. The van der Waals surface area contributed by atoms with E-state index in [1.165, 1.54) is 0 Å². The molecule has 0 fully saturated rings. The summed E-state index contributed by atoms with van der Waals surface area (Å²) in [6.45, 7) is 5.85. The molecule has 1 N–H and O–H groups in total. The number of rotatable bonds is 5. The summed E-state index contributed by atoms with van der Waals surface area (Å²) in [6.07, 6.45) is 1.09. The second kappa shape index (κ2) is 5.48. The quantitative estimate of drug-likeness (QED) is 0.858. The van der Waals surface area contributed by atoms with Gasteiger partial charge < -0.3 is 9.88 Å². The normalized spacial score (nSPS) is 10.5. The van der Waals surface area contributed by atoms with Crippen LogP contribution in [0, 0.1) is 6.92 Å². The third-order valence-corrected chi connectivity index (χ3v) is 2.68. The highest BCUT2D eigenvalue weighted by Crippen LogP contribution is 2.08. The summed E-state index contributed by atoms with van der Waals surface area (Å²) >= 11 is 0. The predicted molar refractivity (Wildman–Crippen MR) is 68.8 cm³/mol. The molecule has 4 nitrogen and oxygen atoms in total. The summed E-state index contributed by atoms with van der Waals surface area (Å²) in [5.74, 6) is 1.98. The standard InChI is InChI=1S/C13H18N4/c1-3-9-17-11(2)15-16-13(17)10-14-12-7-5-4-6-8-12/h4-8,14H,3,9-10H2,1-2H3. The van der Waals surface area contributed by atoms with Crippen molar-refractivity contribution in [2.75, 3.05) is 5.32 Å². The number of para-hydroxylation sites is 1. The highest BCUT2D eigenvalue weighted by molar-refractivity contribution is 5.42. The Morgan fingerprint density at radius 3 is 2.65 bits per heavy atom. The molecule has 90 valence electrons. The Labute approximate surface area is 102 Å². The maximum Gasteiger partial charge on any atom is 0.152 e. The van der Waals surface area contributed by atoms with Gasteiger partial charge in [-0.1, -0.05) is 25.1 Å². The second-order valence-electron chi connectivity index (χ2n) is 4.03. The van der Waals surface area contributed by atoms with Gasteiger partial charge in [-0.15, -0.1) is 10.2 Å². The van der Waals surface area contributed by atoms with Crippen molar-refractivity contribution in [1.29, 1.82) is 0 Å². The first-order valence-corrected chi connectivity index (χ1v) is 5.99. The van der Waals surface area contributed by atoms with Crippen LogP contribution in [0.5, 0.6) is 0 Å². The Kier molecular flexibility index (Phi) is 3.75. The molecule has 1 heterocycles. The van der Waals surface area contributed by atoms with Gasteiger partial charge in [-0.2, -0.15) is 0 Å². The Balaban J connectivity index is 2.04. The molecule has 0 aliphatic rings. The molecule has 2 rings (SSSR count). The Bertz CT molecular complexity index is 462. The lowest BCUT2D eigenvalue weighted by molar-refractivity contribution is 0.628. The monoisotopic (exact) mass is 230 g/mol. The van der Waals surface area contributed by atoms with Crippen molar-refractivity contribution in [3.63, 3.8) is 0 Å². The van der Waals surface area contributed by atoms with E-state index in [1.807, 2.05) is 37.3 Å². The van der Waals surface area contributed by atoms with Crippen LogP contribution in [0.2, 0.25) is 0 Å². The van der Waals surface area contributed by atoms with E-state index in [4.69, 9.17) is 0 Å². The summed E-state index contributed by atoms with van der Waals surface area (Å²) in [5.41, 5.74) is 1.11. The number of anilines is 1. The molecule has 0 unspecified atom stereocenters. The molecule has 2 aromatic rings. The molecular weight excluding hydrogens is 212 g/mol. The molecule has 0 saturated heterocycles. The van der Waals surface area contributed by atoms with Crippen LogP contribution in [-0.4, -0.2) is 14.8 Å². The highest BCUT2D eigenvalue weighted by atomic mass is 15.3. The zero-order chi connectivity index (χ0) is 12.1. The SMILES string of the molecule is CCCn1c(C)nnc1CNc1ccccc1. The van der Waals surface area contributed by atoms with Crippen molar-refractivity contribution >= 4 is 5.69 Å². The average molecular weight is 230 g/mol. The van der Waals surface area contributed by atoms with Crippen molar-refractivity contribution in [2.45, 2.75) is 33.4 Å². The predicted octanol–water partition coefficient (Wildman–Crippen LogP) is 2.61. The summed E-state index contributed by atoms with van der Waals surface area (Å²) in [6, 6.07) is 10.1. The van der Waals surface area contributed by atoms with Gasteiger partial charge in [0.05, 0.1) is 6.54 Å². The van der Waals surface area contributed by atoms with E-state index in [2.05, 4.69) is 27.0 Å². The number of benzene rings is 1. The number of nitrogens with zero attached hydrogens (tertiary/aromatic N) is 3. The van der Waals surface area contributed by atoms with E-state index in [0.29, 0.717) is 6.54 Å². The second-order valence-corrected chi connectivity index (χ2v) is 4.03. The smallest absolute Gasteiger partial charge is 0.152 e. The molecule has 1 aromatic heterocycles. The van der Waals surface area contributed by atoms with E-state index in [-0.39, 0.29) is 0 Å². The number of aromatic nitrogens is 3. The lowest BCUT2D eigenvalue weighted by atomic mass is 10.3. The van der Waals surface area contributed by atoms with Gasteiger partial charge >= 0.3 is 0 Å². The third-order valence-electron chi connectivity index (χ3n) is 2.68. The van der Waals surface area contributed by atoms with Gasteiger partial charge in [-0.3, -0.25) is 0 Å². The van der Waals surface area contributed by atoms with E-state index >= 15 is 0 Å². The largest absolute Gasteiger partial charge is 0.378 e. The van der Waals surface area contributed by atoms with Gasteiger partial charge in [0.1, 0.15) is 5.82 Å². The number of hydrogen-bond acceptors (Lipinski definition) is 3. The van der Waals surface area contributed by atoms with E-state index in [9.17, 15) is 0 Å².